The number of hydrogen-bond donors (Lipinski definition) is 1. The van der Waals surface area contributed by atoms with E-state index in [1.54, 1.807) is 6.92 Å². The van der Waals surface area contributed by atoms with Crippen LogP contribution >= 0.6 is 15.9 Å². The summed E-state index contributed by atoms with van der Waals surface area (Å²) >= 11 is 3.42. The second-order valence-electron chi connectivity index (χ2n) is 9.40. The van der Waals surface area contributed by atoms with Crippen molar-refractivity contribution < 1.29 is 31.9 Å². The standard InChI is InChI=1S/C21H26BrF5O2/c1-2-18-9-7-12-11-5-6-16(28)17(22)14(11)4-3-13(12)15(18)8-10-19(18,29)20(23,24)21(25,26)27/h11-13,15,29H,2-10H2,1H3/t11-,12-,13-,15+,18+,19+/m1/s1. The first-order chi connectivity index (χ1) is 13.4. The lowest BCUT2D eigenvalue weighted by Gasteiger charge is -2.58. The van der Waals surface area contributed by atoms with E-state index in [0.29, 0.717) is 30.2 Å². The minimum atomic E-state index is -5.77. The predicted molar refractivity (Wildman–Crippen MR) is 101 cm³/mol. The van der Waals surface area contributed by atoms with E-state index in [1.165, 1.54) is 0 Å². The Bertz CT molecular complexity index is 748. The molecule has 0 heterocycles. The molecule has 2 nitrogen and oxygen atoms in total. The SMILES string of the molecule is CC[C@]12CC[C@H]3[C@@H](CCC4=C(Br)C(=O)CC[C@@H]43)[C@@H]1CC[C@@]2(O)C(F)(F)C(F)(F)F. The van der Waals surface area contributed by atoms with Crippen LogP contribution in [0, 0.1) is 29.1 Å². The summed E-state index contributed by atoms with van der Waals surface area (Å²) in [5.74, 6) is -4.99. The summed E-state index contributed by atoms with van der Waals surface area (Å²) < 4.78 is 69.6. The molecule has 164 valence electrons. The van der Waals surface area contributed by atoms with Crippen molar-refractivity contribution >= 4 is 21.7 Å². The van der Waals surface area contributed by atoms with Crippen molar-refractivity contribution in [3.63, 3.8) is 0 Å². The van der Waals surface area contributed by atoms with Gasteiger partial charge >= 0.3 is 12.1 Å². The monoisotopic (exact) mass is 484 g/mol. The maximum Gasteiger partial charge on any atom is 0.456 e. The quantitative estimate of drug-likeness (QED) is 0.475. The van der Waals surface area contributed by atoms with Crippen LogP contribution in [0.3, 0.4) is 0 Å². The Balaban J connectivity index is 1.71. The fourth-order valence-electron chi connectivity index (χ4n) is 7.50. The van der Waals surface area contributed by atoms with Crippen molar-refractivity contribution in [3.05, 3.63) is 10.1 Å². The van der Waals surface area contributed by atoms with E-state index in [-0.39, 0.29) is 48.7 Å². The van der Waals surface area contributed by atoms with Gasteiger partial charge < -0.3 is 5.11 Å². The van der Waals surface area contributed by atoms with E-state index in [0.717, 1.165) is 12.0 Å². The molecule has 1 N–H and O–H groups in total. The van der Waals surface area contributed by atoms with Gasteiger partial charge in [0.2, 0.25) is 0 Å². The van der Waals surface area contributed by atoms with Gasteiger partial charge in [-0.2, -0.15) is 22.0 Å². The van der Waals surface area contributed by atoms with Crippen molar-refractivity contribution in [1.29, 1.82) is 0 Å². The highest BCUT2D eigenvalue weighted by Gasteiger charge is 2.79. The van der Waals surface area contributed by atoms with Crippen LogP contribution in [-0.4, -0.2) is 28.6 Å². The van der Waals surface area contributed by atoms with Gasteiger partial charge in [-0.05, 0) is 96.5 Å². The Morgan fingerprint density at radius 1 is 1.03 bits per heavy atom. The van der Waals surface area contributed by atoms with Gasteiger partial charge in [0.1, 0.15) is 5.60 Å². The van der Waals surface area contributed by atoms with Crippen molar-refractivity contribution in [1.82, 2.24) is 0 Å². The van der Waals surface area contributed by atoms with Gasteiger partial charge in [-0.3, -0.25) is 4.79 Å². The fourth-order valence-corrected chi connectivity index (χ4v) is 8.19. The molecular weight excluding hydrogens is 459 g/mol. The van der Waals surface area contributed by atoms with Gasteiger partial charge in [-0.1, -0.05) is 6.92 Å². The normalized spacial score (nSPS) is 43.1. The molecule has 29 heavy (non-hydrogen) atoms. The number of alkyl halides is 5. The number of allylic oxidation sites excluding steroid dienone is 1. The highest BCUT2D eigenvalue weighted by atomic mass is 79.9. The zero-order valence-electron chi connectivity index (χ0n) is 16.3. The summed E-state index contributed by atoms with van der Waals surface area (Å²) in [6.45, 7) is 1.64. The van der Waals surface area contributed by atoms with Crippen molar-refractivity contribution in [2.24, 2.45) is 29.1 Å². The van der Waals surface area contributed by atoms with Crippen LogP contribution in [0.5, 0.6) is 0 Å². The lowest BCUT2D eigenvalue weighted by molar-refractivity contribution is -0.365. The van der Waals surface area contributed by atoms with Crippen LogP contribution in [0.1, 0.15) is 64.7 Å². The third kappa shape index (κ3) is 2.69. The molecule has 8 heteroatoms. The molecule has 0 saturated heterocycles. The highest BCUT2D eigenvalue weighted by molar-refractivity contribution is 9.12. The zero-order chi connectivity index (χ0) is 21.4. The maximum atomic E-state index is 14.6. The van der Waals surface area contributed by atoms with Crippen molar-refractivity contribution in [2.75, 3.05) is 0 Å². The number of carbonyl (C=O) groups excluding carboxylic acids is 1. The maximum absolute atomic E-state index is 14.6. The molecular formula is C21H26BrF5O2. The minimum absolute atomic E-state index is 0.0176. The number of rotatable bonds is 2. The molecule has 4 aliphatic rings. The van der Waals surface area contributed by atoms with Gasteiger partial charge in [0.15, 0.2) is 5.78 Å². The molecule has 0 radical (unpaired) electrons. The summed E-state index contributed by atoms with van der Waals surface area (Å²) in [5.41, 5.74) is -3.38. The van der Waals surface area contributed by atoms with E-state index in [1.807, 2.05) is 0 Å². The third-order valence-corrected chi connectivity index (χ3v) is 9.72. The summed E-state index contributed by atoms with van der Waals surface area (Å²) in [6.07, 6.45) is -2.77. The summed E-state index contributed by atoms with van der Waals surface area (Å²) in [5, 5.41) is 11.0. The molecule has 0 bridgehead atoms. The fraction of sp³-hybridized carbons (Fsp3) is 0.857. The molecule has 4 rings (SSSR count). The first-order valence-electron chi connectivity index (χ1n) is 10.5. The Kier molecular flexibility index (Phi) is 5.05. The number of Topliss-reactive ketones (excluding diaryl/α,β-unsaturated/α-hetero) is 1. The lowest BCUT2D eigenvalue weighted by Crippen LogP contribution is -2.66. The summed E-state index contributed by atoms with van der Waals surface area (Å²) in [7, 11) is 0. The molecule has 0 unspecified atom stereocenters. The van der Waals surface area contributed by atoms with Crippen LogP contribution in [-0.2, 0) is 4.79 Å². The largest absolute Gasteiger partial charge is 0.456 e. The van der Waals surface area contributed by atoms with Crippen LogP contribution in [0.15, 0.2) is 10.1 Å². The zero-order valence-corrected chi connectivity index (χ0v) is 17.9. The molecule has 0 aromatic rings. The number of fused-ring (bicyclic) bond motifs is 5. The van der Waals surface area contributed by atoms with Crippen molar-refractivity contribution in [2.45, 2.75) is 82.4 Å². The van der Waals surface area contributed by atoms with E-state index in [4.69, 9.17) is 0 Å². The van der Waals surface area contributed by atoms with Gasteiger partial charge in [0.25, 0.3) is 0 Å². The predicted octanol–water partition coefficient (Wildman–Crippen LogP) is 6.17. The highest BCUT2D eigenvalue weighted by Crippen LogP contribution is 2.70. The van der Waals surface area contributed by atoms with Crippen LogP contribution in [0.25, 0.3) is 0 Å². The Morgan fingerprint density at radius 2 is 1.72 bits per heavy atom. The van der Waals surface area contributed by atoms with Gasteiger partial charge in [0, 0.05) is 11.8 Å². The Morgan fingerprint density at radius 3 is 2.34 bits per heavy atom. The van der Waals surface area contributed by atoms with E-state index in [9.17, 15) is 31.9 Å². The first-order valence-corrected chi connectivity index (χ1v) is 11.3. The number of hydrogen-bond acceptors (Lipinski definition) is 2. The molecule has 0 aromatic carbocycles. The molecule has 6 atom stereocenters. The molecule has 3 saturated carbocycles. The van der Waals surface area contributed by atoms with Crippen molar-refractivity contribution in [3.8, 4) is 0 Å². The van der Waals surface area contributed by atoms with Crippen LogP contribution in [0.2, 0.25) is 0 Å². The minimum Gasteiger partial charge on any atom is -0.383 e. The number of ketones is 1. The average molecular weight is 485 g/mol. The van der Waals surface area contributed by atoms with E-state index >= 15 is 0 Å². The number of carbonyl (C=O) groups is 1. The third-order valence-electron chi connectivity index (χ3n) is 8.77. The molecule has 0 spiro atoms. The number of aliphatic hydroxyl groups is 1. The molecule has 0 aromatic heterocycles. The van der Waals surface area contributed by atoms with Gasteiger partial charge in [-0.25, -0.2) is 0 Å². The second kappa shape index (κ2) is 6.75. The molecule has 4 aliphatic carbocycles. The van der Waals surface area contributed by atoms with E-state index in [2.05, 4.69) is 15.9 Å². The summed E-state index contributed by atoms with van der Waals surface area (Å²) in [6, 6.07) is 0. The smallest absolute Gasteiger partial charge is 0.383 e. The molecule has 3 fully saturated rings. The van der Waals surface area contributed by atoms with Crippen LogP contribution in [0.4, 0.5) is 22.0 Å². The molecule has 0 aliphatic heterocycles. The second-order valence-corrected chi connectivity index (χ2v) is 10.2. The topological polar surface area (TPSA) is 37.3 Å². The Hall–Kier alpha value is -0.500. The van der Waals surface area contributed by atoms with Gasteiger partial charge in [0.05, 0.1) is 4.48 Å². The summed E-state index contributed by atoms with van der Waals surface area (Å²) in [4.78, 5) is 12.1. The van der Waals surface area contributed by atoms with Crippen LogP contribution < -0.4 is 0 Å². The lowest BCUT2D eigenvalue weighted by atomic mass is 9.48. The number of halogens is 6. The average Bonchev–Trinajstić information content (AvgIpc) is 2.98. The van der Waals surface area contributed by atoms with Gasteiger partial charge in [-0.15, -0.1) is 0 Å². The Labute approximate surface area is 175 Å². The first kappa shape index (κ1) is 21.7. The molecule has 0 amide bonds. The van der Waals surface area contributed by atoms with E-state index < -0.39 is 29.5 Å².